The topological polar surface area (TPSA) is 58.6 Å². The molecule has 0 radical (unpaired) electrons. The molecule has 1 heterocycles. The number of aryl methyl sites for hydroxylation is 2. The van der Waals surface area contributed by atoms with Gasteiger partial charge in [-0.3, -0.25) is 0 Å². The number of sulfonamides is 1. The summed E-state index contributed by atoms with van der Waals surface area (Å²) in [4.78, 5) is 0.387. The van der Waals surface area contributed by atoms with E-state index in [1.807, 2.05) is 13.8 Å². The van der Waals surface area contributed by atoms with Gasteiger partial charge in [0.05, 0.1) is 12.0 Å². The van der Waals surface area contributed by atoms with Crippen molar-refractivity contribution in [2.24, 2.45) is 0 Å². The largest absolute Gasteiger partial charge is 0.496 e. The molecule has 1 aromatic rings. The van der Waals surface area contributed by atoms with Crippen molar-refractivity contribution in [1.29, 1.82) is 0 Å². The van der Waals surface area contributed by atoms with Crippen LogP contribution in [0.2, 0.25) is 0 Å². The van der Waals surface area contributed by atoms with Gasteiger partial charge in [0.15, 0.2) is 0 Å². The van der Waals surface area contributed by atoms with Gasteiger partial charge in [-0.2, -0.15) is 4.31 Å². The first kappa shape index (κ1) is 18.2. The highest BCUT2D eigenvalue weighted by Crippen LogP contribution is 2.27. The van der Waals surface area contributed by atoms with Crippen molar-refractivity contribution in [1.82, 2.24) is 9.62 Å². The highest BCUT2D eigenvalue weighted by Gasteiger charge is 2.27. The molecule has 5 nitrogen and oxygen atoms in total. The molecule has 0 atom stereocenters. The number of hydrogen-bond acceptors (Lipinski definition) is 4. The van der Waals surface area contributed by atoms with Crippen LogP contribution < -0.4 is 10.1 Å². The van der Waals surface area contributed by atoms with Crippen molar-refractivity contribution in [3.63, 3.8) is 0 Å². The molecule has 0 saturated carbocycles. The number of halogens is 1. The maximum absolute atomic E-state index is 12.8. The van der Waals surface area contributed by atoms with Gasteiger partial charge in [-0.1, -0.05) is 0 Å². The molecule has 0 aliphatic carbocycles. The van der Waals surface area contributed by atoms with Gasteiger partial charge in [0.2, 0.25) is 10.0 Å². The summed E-state index contributed by atoms with van der Waals surface area (Å²) in [6.07, 6.45) is 0.841. The van der Waals surface area contributed by atoms with E-state index in [9.17, 15) is 8.42 Å². The number of ether oxygens (including phenoxy) is 1. The van der Waals surface area contributed by atoms with E-state index in [2.05, 4.69) is 5.32 Å². The zero-order valence-corrected chi connectivity index (χ0v) is 14.3. The van der Waals surface area contributed by atoms with Gasteiger partial charge in [-0.15, -0.1) is 12.4 Å². The molecule has 7 heteroatoms. The van der Waals surface area contributed by atoms with E-state index in [-0.39, 0.29) is 12.4 Å². The molecule has 0 spiro atoms. The monoisotopic (exact) mass is 334 g/mol. The fraction of sp³-hybridized carbons (Fsp3) is 0.571. The van der Waals surface area contributed by atoms with Gasteiger partial charge in [0.1, 0.15) is 5.75 Å². The second kappa shape index (κ2) is 7.45. The normalized spacial score (nSPS) is 16.9. The summed E-state index contributed by atoms with van der Waals surface area (Å²) in [6, 6.07) is 3.50. The van der Waals surface area contributed by atoms with E-state index in [1.54, 1.807) is 23.5 Å². The first-order chi connectivity index (χ1) is 9.46. The van der Waals surface area contributed by atoms with Crippen LogP contribution >= 0.6 is 12.4 Å². The summed E-state index contributed by atoms with van der Waals surface area (Å²) in [6.45, 7) is 6.33. The molecule has 1 aliphatic rings. The molecule has 0 bridgehead atoms. The molecule has 0 amide bonds. The number of nitrogens with zero attached hydrogens (tertiary/aromatic N) is 1. The minimum Gasteiger partial charge on any atom is -0.496 e. The first-order valence-electron chi connectivity index (χ1n) is 6.83. The predicted molar refractivity (Wildman–Crippen MR) is 86.0 cm³/mol. The zero-order chi connectivity index (χ0) is 14.8. The number of hydrogen-bond donors (Lipinski definition) is 1. The number of rotatable bonds is 3. The summed E-state index contributed by atoms with van der Waals surface area (Å²) < 4.78 is 32.4. The van der Waals surface area contributed by atoms with Crippen LogP contribution in [-0.2, 0) is 10.0 Å². The van der Waals surface area contributed by atoms with E-state index in [0.29, 0.717) is 24.5 Å². The highest BCUT2D eigenvalue weighted by atomic mass is 35.5. The summed E-state index contributed by atoms with van der Waals surface area (Å²) in [5.41, 5.74) is 1.56. The Morgan fingerprint density at radius 3 is 2.52 bits per heavy atom. The van der Waals surface area contributed by atoms with Crippen LogP contribution in [0.3, 0.4) is 0 Å². The van der Waals surface area contributed by atoms with Gasteiger partial charge in [0.25, 0.3) is 0 Å². The number of nitrogens with one attached hydrogen (secondary N) is 1. The van der Waals surface area contributed by atoms with Crippen molar-refractivity contribution in [2.45, 2.75) is 25.2 Å². The van der Waals surface area contributed by atoms with Crippen LogP contribution in [0.25, 0.3) is 0 Å². The van der Waals surface area contributed by atoms with E-state index in [4.69, 9.17) is 4.74 Å². The van der Waals surface area contributed by atoms with Gasteiger partial charge in [-0.25, -0.2) is 8.42 Å². The van der Waals surface area contributed by atoms with Crippen LogP contribution in [0.5, 0.6) is 5.75 Å². The molecule has 0 aromatic heterocycles. The molecule has 1 aromatic carbocycles. The third kappa shape index (κ3) is 3.88. The smallest absolute Gasteiger partial charge is 0.243 e. The minimum absolute atomic E-state index is 0. The van der Waals surface area contributed by atoms with Crippen LogP contribution in [0.4, 0.5) is 0 Å². The molecule has 1 N–H and O–H groups in total. The average molecular weight is 335 g/mol. The second-order valence-corrected chi connectivity index (χ2v) is 7.00. The molecule has 1 saturated heterocycles. The van der Waals surface area contributed by atoms with Crippen molar-refractivity contribution in [3.05, 3.63) is 23.3 Å². The van der Waals surface area contributed by atoms with Crippen molar-refractivity contribution < 1.29 is 13.2 Å². The maximum atomic E-state index is 12.8. The van der Waals surface area contributed by atoms with Crippen LogP contribution in [0.15, 0.2) is 17.0 Å². The standard InChI is InChI=1S/C14H22N2O3S.ClH/c1-11-10-14(12(2)9-13(11)19-3)20(17,18)16-7-4-5-15-6-8-16;/h9-10,15H,4-8H2,1-3H3;1H. The molecule has 0 unspecified atom stereocenters. The average Bonchev–Trinajstić information content (AvgIpc) is 2.70. The molecule has 1 aliphatic heterocycles. The molecule has 2 rings (SSSR count). The Hall–Kier alpha value is -0.820. The molecule has 21 heavy (non-hydrogen) atoms. The Kier molecular flexibility index (Phi) is 6.46. The predicted octanol–water partition coefficient (Wildman–Crippen LogP) is 1.72. The lowest BCUT2D eigenvalue weighted by Crippen LogP contribution is -2.34. The quantitative estimate of drug-likeness (QED) is 0.914. The molecular weight excluding hydrogens is 312 g/mol. The Balaban J connectivity index is 0.00000220. The fourth-order valence-electron chi connectivity index (χ4n) is 2.46. The van der Waals surface area contributed by atoms with Crippen LogP contribution in [-0.4, -0.2) is 46.0 Å². The van der Waals surface area contributed by atoms with Crippen molar-refractivity contribution in [2.75, 3.05) is 33.3 Å². The lowest BCUT2D eigenvalue weighted by atomic mass is 10.1. The van der Waals surface area contributed by atoms with Gasteiger partial charge >= 0.3 is 0 Å². The zero-order valence-electron chi connectivity index (χ0n) is 12.7. The lowest BCUT2D eigenvalue weighted by Gasteiger charge is -2.21. The summed E-state index contributed by atoms with van der Waals surface area (Å²) >= 11 is 0. The molecular formula is C14H23ClN2O3S. The minimum atomic E-state index is -3.43. The maximum Gasteiger partial charge on any atom is 0.243 e. The Morgan fingerprint density at radius 2 is 1.86 bits per heavy atom. The molecule has 120 valence electrons. The van der Waals surface area contributed by atoms with Gasteiger partial charge in [0, 0.05) is 19.6 Å². The molecule has 1 fully saturated rings. The highest BCUT2D eigenvalue weighted by molar-refractivity contribution is 7.89. The number of methoxy groups -OCH3 is 1. The lowest BCUT2D eigenvalue weighted by molar-refractivity contribution is 0.410. The fourth-order valence-corrected chi connectivity index (χ4v) is 4.23. The Labute approximate surface area is 133 Å². The second-order valence-electron chi connectivity index (χ2n) is 5.09. The van der Waals surface area contributed by atoms with Gasteiger partial charge < -0.3 is 10.1 Å². The third-order valence-electron chi connectivity index (χ3n) is 3.61. The Morgan fingerprint density at radius 1 is 1.14 bits per heavy atom. The number of benzene rings is 1. The van der Waals surface area contributed by atoms with E-state index in [1.165, 1.54) is 0 Å². The van der Waals surface area contributed by atoms with Crippen LogP contribution in [0, 0.1) is 13.8 Å². The van der Waals surface area contributed by atoms with Crippen LogP contribution in [0.1, 0.15) is 17.5 Å². The van der Waals surface area contributed by atoms with Crippen molar-refractivity contribution >= 4 is 22.4 Å². The van der Waals surface area contributed by atoms with Crippen molar-refractivity contribution in [3.8, 4) is 5.75 Å². The summed E-state index contributed by atoms with van der Waals surface area (Å²) in [5, 5.41) is 3.22. The van der Waals surface area contributed by atoms with E-state index < -0.39 is 10.0 Å². The summed E-state index contributed by atoms with van der Waals surface area (Å²) in [7, 11) is -1.83. The Bertz CT molecular complexity index is 582. The van der Waals surface area contributed by atoms with Gasteiger partial charge in [-0.05, 0) is 50.1 Å². The third-order valence-corrected chi connectivity index (χ3v) is 5.65. The van der Waals surface area contributed by atoms with E-state index in [0.717, 1.165) is 29.8 Å². The summed E-state index contributed by atoms with van der Waals surface area (Å²) in [5.74, 6) is 0.721. The van der Waals surface area contributed by atoms with E-state index >= 15 is 0 Å². The first-order valence-corrected chi connectivity index (χ1v) is 8.27. The SMILES string of the molecule is COc1cc(C)c(S(=O)(=O)N2CCCNCC2)cc1C.Cl.